The van der Waals surface area contributed by atoms with Gasteiger partial charge < -0.3 is 11.1 Å². The van der Waals surface area contributed by atoms with Crippen molar-refractivity contribution >= 4 is 41.4 Å². The average molecular weight is 350 g/mol. The Labute approximate surface area is 141 Å². The lowest BCUT2D eigenvalue weighted by atomic mass is 9.95. The number of nitrogens with one attached hydrogen (secondary N) is 1. The standard InChI is InChI=1S/C14H23N3OS2.ClH/c1-2-19-11-5-3-4-10(8-11)16-14(18)12-9-20-13(17-12)6-7-15;/h9-11H,2-8,15H2,1H3,(H,16,18);1H. The summed E-state index contributed by atoms with van der Waals surface area (Å²) >= 11 is 3.53. The van der Waals surface area contributed by atoms with Gasteiger partial charge in [-0.15, -0.1) is 23.7 Å². The summed E-state index contributed by atoms with van der Waals surface area (Å²) in [5, 5.41) is 6.62. The van der Waals surface area contributed by atoms with E-state index in [1.54, 1.807) is 0 Å². The summed E-state index contributed by atoms with van der Waals surface area (Å²) in [5.41, 5.74) is 6.05. The predicted molar refractivity (Wildman–Crippen MR) is 93.8 cm³/mol. The molecule has 21 heavy (non-hydrogen) atoms. The van der Waals surface area contributed by atoms with Gasteiger partial charge in [-0.05, 0) is 31.6 Å². The zero-order chi connectivity index (χ0) is 14.4. The van der Waals surface area contributed by atoms with Crippen molar-refractivity contribution in [2.24, 2.45) is 5.73 Å². The first kappa shape index (κ1) is 18.7. The van der Waals surface area contributed by atoms with Gasteiger partial charge in [0.2, 0.25) is 0 Å². The zero-order valence-corrected chi connectivity index (χ0v) is 14.8. The molecule has 0 aromatic carbocycles. The van der Waals surface area contributed by atoms with E-state index in [0.717, 1.165) is 30.0 Å². The molecule has 4 nitrogen and oxygen atoms in total. The van der Waals surface area contributed by atoms with Crippen molar-refractivity contribution in [3.05, 3.63) is 16.1 Å². The molecule has 7 heteroatoms. The van der Waals surface area contributed by atoms with E-state index in [-0.39, 0.29) is 18.3 Å². The fraction of sp³-hybridized carbons (Fsp3) is 0.714. The first-order valence-electron chi connectivity index (χ1n) is 7.29. The minimum Gasteiger partial charge on any atom is -0.348 e. The fourth-order valence-electron chi connectivity index (χ4n) is 2.58. The van der Waals surface area contributed by atoms with Crippen molar-refractivity contribution in [3.63, 3.8) is 0 Å². The second-order valence-corrected chi connectivity index (χ2v) is 7.60. The van der Waals surface area contributed by atoms with Crippen LogP contribution in [0.5, 0.6) is 0 Å². The maximum atomic E-state index is 12.2. The van der Waals surface area contributed by atoms with Gasteiger partial charge in [-0.25, -0.2) is 4.98 Å². The highest BCUT2D eigenvalue weighted by Gasteiger charge is 2.24. The van der Waals surface area contributed by atoms with Gasteiger partial charge in [0.1, 0.15) is 5.69 Å². The van der Waals surface area contributed by atoms with Crippen molar-refractivity contribution in [2.45, 2.75) is 50.3 Å². The molecule has 0 spiro atoms. The number of halogens is 1. The monoisotopic (exact) mass is 349 g/mol. The van der Waals surface area contributed by atoms with Crippen LogP contribution >= 0.6 is 35.5 Å². The number of thiazole rings is 1. The third-order valence-electron chi connectivity index (χ3n) is 3.51. The van der Waals surface area contributed by atoms with E-state index < -0.39 is 0 Å². The molecule has 2 unspecified atom stereocenters. The van der Waals surface area contributed by atoms with Gasteiger partial charge in [0.15, 0.2) is 0 Å². The van der Waals surface area contributed by atoms with E-state index in [1.807, 2.05) is 17.1 Å². The van der Waals surface area contributed by atoms with Crippen LogP contribution in [0.15, 0.2) is 5.38 Å². The minimum atomic E-state index is -0.0309. The van der Waals surface area contributed by atoms with Gasteiger partial charge in [0.25, 0.3) is 5.91 Å². The largest absolute Gasteiger partial charge is 0.348 e. The van der Waals surface area contributed by atoms with Crippen molar-refractivity contribution in [2.75, 3.05) is 12.3 Å². The Morgan fingerprint density at radius 2 is 2.38 bits per heavy atom. The van der Waals surface area contributed by atoms with Crippen LogP contribution in [-0.4, -0.2) is 34.5 Å². The van der Waals surface area contributed by atoms with Gasteiger partial charge in [-0.1, -0.05) is 13.3 Å². The second-order valence-electron chi connectivity index (χ2n) is 5.08. The summed E-state index contributed by atoms with van der Waals surface area (Å²) in [6.45, 7) is 2.77. The number of hydrogen-bond acceptors (Lipinski definition) is 5. The highest BCUT2D eigenvalue weighted by atomic mass is 35.5. The first-order valence-corrected chi connectivity index (χ1v) is 9.22. The number of nitrogens with two attached hydrogens (primary N) is 1. The molecule has 2 atom stereocenters. The quantitative estimate of drug-likeness (QED) is 0.828. The lowest BCUT2D eigenvalue weighted by Crippen LogP contribution is -2.39. The van der Waals surface area contributed by atoms with Crippen LogP contribution in [-0.2, 0) is 6.42 Å². The Hall–Kier alpha value is -0.300. The third kappa shape index (κ3) is 5.77. The highest BCUT2D eigenvalue weighted by molar-refractivity contribution is 7.99. The molecule has 0 aliphatic heterocycles. The van der Waals surface area contributed by atoms with Crippen LogP contribution in [0.1, 0.15) is 48.1 Å². The molecule has 1 heterocycles. The third-order valence-corrected chi connectivity index (χ3v) is 5.65. The Kier molecular flexibility index (Phi) is 8.63. The lowest BCUT2D eigenvalue weighted by Gasteiger charge is -2.29. The molecule has 120 valence electrons. The Balaban J connectivity index is 0.00000220. The molecule has 1 aliphatic rings. The van der Waals surface area contributed by atoms with Crippen LogP contribution in [0.25, 0.3) is 0 Å². The molecule has 3 N–H and O–H groups in total. The van der Waals surface area contributed by atoms with E-state index in [2.05, 4.69) is 17.2 Å². The molecule has 1 fully saturated rings. The van der Waals surface area contributed by atoms with E-state index >= 15 is 0 Å². The van der Waals surface area contributed by atoms with Crippen LogP contribution in [0.2, 0.25) is 0 Å². The number of carbonyl (C=O) groups excluding carboxylic acids is 1. The number of hydrogen-bond donors (Lipinski definition) is 2. The maximum absolute atomic E-state index is 12.2. The summed E-state index contributed by atoms with van der Waals surface area (Å²) in [4.78, 5) is 16.5. The maximum Gasteiger partial charge on any atom is 0.270 e. The summed E-state index contributed by atoms with van der Waals surface area (Å²) in [5.74, 6) is 1.12. The molecular weight excluding hydrogens is 326 g/mol. The SMILES string of the molecule is CCSC1CCCC(NC(=O)c2csc(CCN)n2)C1.Cl. The van der Waals surface area contributed by atoms with Crippen molar-refractivity contribution in [1.29, 1.82) is 0 Å². The molecule has 2 rings (SSSR count). The number of amides is 1. The average Bonchev–Trinajstić information content (AvgIpc) is 2.89. The summed E-state index contributed by atoms with van der Waals surface area (Å²) < 4.78 is 0. The Bertz CT molecular complexity index is 440. The Morgan fingerprint density at radius 1 is 1.57 bits per heavy atom. The molecule has 1 amide bonds. The van der Waals surface area contributed by atoms with Gasteiger partial charge in [-0.3, -0.25) is 4.79 Å². The number of carbonyl (C=O) groups is 1. The summed E-state index contributed by atoms with van der Waals surface area (Å²) in [6.07, 6.45) is 5.41. The van der Waals surface area contributed by atoms with Crippen LogP contribution in [0.4, 0.5) is 0 Å². The predicted octanol–water partition coefficient (Wildman–Crippen LogP) is 2.86. The summed E-state index contributed by atoms with van der Waals surface area (Å²) in [7, 11) is 0. The van der Waals surface area contributed by atoms with Crippen molar-refractivity contribution in [1.82, 2.24) is 10.3 Å². The van der Waals surface area contributed by atoms with Crippen molar-refractivity contribution < 1.29 is 4.79 Å². The molecule has 1 saturated carbocycles. The van der Waals surface area contributed by atoms with Crippen molar-refractivity contribution in [3.8, 4) is 0 Å². The molecule has 1 aromatic heterocycles. The Morgan fingerprint density at radius 3 is 3.10 bits per heavy atom. The smallest absolute Gasteiger partial charge is 0.270 e. The molecule has 1 aliphatic carbocycles. The van der Waals surface area contributed by atoms with Crippen LogP contribution in [0, 0.1) is 0 Å². The normalized spacial score (nSPS) is 21.6. The van der Waals surface area contributed by atoms with E-state index in [9.17, 15) is 4.79 Å². The van der Waals surface area contributed by atoms with Crippen LogP contribution < -0.4 is 11.1 Å². The number of aromatic nitrogens is 1. The van der Waals surface area contributed by atoms with Gasteiger partial charge in [0, 0.05) is 23.1 Å². The fourth-order valence-corrected chi connectivity index (χ4v) is 4.54. The number of nitrogens with zero attached hydrogens (tertiary/aromatic N) is 1. The number of thioether (sulfide) groups is 1. The molecule has 0 saturated heterocycles. The lowest BCUT2D eigenvalue weighted by molar-refractivity contribution is 0.0924. The minimum absolute atomic E-state index is 0. The van der Waals surface area contributed by atoms with Gasteiger partial charge >= 0.3 is 0 Å². The molecular formula is C14H24ClN3OS2. The van der Waals surface area contributed by atoms with E-state index in [0.29, 0.717) is 23.5 Å². The van der Waals surface area contributed by atoms with E-state index in [1.165, 1.54) is 24.2 Å². The summed E-state index contributed by atoms with van der Waals surface area (Å²) in [6, 6.07) is 0.306. The highest BCUT2D eigenvalue weighted by Crippen LogP contribution is 2.28. The molecule has 0 bridgehead atoms. The molecule has 1 aromatic rings. The second kappa shape index (κ2) is 9.66. The number of rotatable bonds is 6. The van der Waals surface area contributed by atoms with Gasteiger partial charge in [0.05, 0.1) is 5.01 Å². The van der Waals surface area contributed by atoms with Crippen LogP contribution in [0.3, 0.4) is 0 Å². The topological polar surface area (TPSA) is 68.0 Å². The van der Waals surface area contributed by atoms with Gasteiger partial charge in [-0.2, -0.15) is 11.8 Å². The first-order chi connectivity index (χ1) is 9.72. The van der Waals surface area contributed by atoms with E-state index in [4.69, 9.17) is 5.73 Å². The zero-order valence-electron chi connectivity index (χ0n) is 12.3. The molecule has 0 radical (unpaired) electrons.